The number of halogens is 1. The zero-order chi connectivity index (χ0) is 10.4. The van der Waals surface area contributed by atoms with Gasteiger partial charge in [0.05, 0.1) is 0 Å². The van der Waals surface area contributed by atoms with E-state index in [9.17, 15) is 0 Å². The molecule has 3 N–H and O–H groups in total. The third-order valence-electron chi connectivity index (χ3n) is 1.76. The van der Waals surface area contributed by atoms with Crippen LogP contribution >= 0.6 is 27.7 Å². The number of nitrogens with two attached hydrogens (primary N) is 1. The highest BCUT2D eigenvalue weighted by atomic mass is 79.9. The Bertz CT molecular complexity index is 291. The van der Waals surface area contributed by atoms with Crippen LogP contribution in [-0.4, -0.2) is 18.8 Å². The Morgan fingerprint density at radius 1 is 1.50 bits per heavy atom. The van der Waals surface area contributed by atoms with Crippen LogP contribution in [0.3, 0.4) is 0 Å². The number of rotatable bonds is 5. The lowest BCUT2D eigenvalue weighted by Gasteiger charge is -2.05. The average Bonchev–Trinajstić information content (AvgIpc) is 2.15. The second-order valence-corrected chi connectivity index (χ2v) is 4.94. The van der Waals surface area contributed by atoms with Gasteiger partial charge < -0.3 is 11.1 Å². The van der Waals surface area contributed by atoms with E-state index in [1.54, 1.807) is 11.8 Å². The third-order valence-corrected chi connectivity index (χ3v) is 3.34. The molecular weight excluding hydrogens is 260 g/mol. The molecule has 78 valence electrons. The second-order valence-electron chi connectivity index (χ2n) is 2.88. The number of benzene rings is 1. The minimum atomic E-state index is 0.848. The Morgan fingerprint density at radius 2 is 2.29 bits per heavy atom. The minimum Gasteiger partial charge on any atom is -0.398 e. The van der Waals surface area contributed by atoms with Crippen LogP contribution in [0, 0.1) is 0 Å². The molecule has 0 aromatic heterocycles. The Morgan fingerprint density at radius 3 is 2.93 bits per heavy atom. The van der Waals surface area contributed by atoms with Gasteiger partial charge in [0, 0.05) is 27.4 Å². The average molecular weight is 275 g/mol. The summed E-state index contributed by atoms with van der Waals surface area (Å²) in [5.41, 5.74) is 6.71. The van der Waals surface area contributed by atoms with Crippen molar-refractivity contribution in [3.05, 3.63) is 22.7 Å². The lowest BCUT2D eigenvalue weighted by atomic mass is 10.3. The van der Waals surface area contributed by atoms with Crippen molar-refractivity contribution in [1.82, 2.24) is 5.32 Å². The van der Waals surface area contributed by atoms with Crippen molar-refractivity contribution >= 4 is 33.4 Å². The molecule has 0 aliphatic heterocycles. The maximum atomic E-state index is 5.86. The maximum Gasteiger partial charge on any atom is 0.0463 e. The molecule has 0 aliphatic rings. The molecule has 0 atom stereocenters. The van der Waals surface area contributed by atoms with E-state index < -0.39 is 0 Å². The van der Waals surface area contributed by atoms with Gasteiger partial charge in [-0.1, -0.05) is 22.9 Å². The number of hydrogen-bond acceptors (Lipinski definition) is 3. The van der Waals surface area contributed by atoms with Gasteiger partial charge in [-0.15, -0.1) is 11.8 Å². The predicted molar refractivity (Wildman–Crippen MR) is 67.8 cm³/mol. The zero-order valence-electron chi connectivity index (χ0n) is 8.22. The molecular formula is C10H15BrN2S. The van der Waals surface area contributed by atoms with Crippen molar-refractivity contribution in [3.8, 4) is 0 Å². The quantitative estimate of drug-likeness (QED) is 0.493. The van der Waals surface area contributed by atoms with Gasteiger partial charge in [0.15, 0.2) is 0 Å². The first-order valence-electron chi connectivity index (χ1n) is 4.62. The van der Waals surface area contributed by atoms with Crippen LogP contribution in [0.15, 0.2) is 27.6 Å². The number of nitrogen functional groups attached to an aromatic ring is 1. The molecule has 0 bridgehead atoms. The van der Waals surface area contributed by atoms with E-state index in [0.29, 0.717) is 0 Å². The molecule has 0 aliphatic carbocycles. The van der Waals surface area contributed by atoms with E-state index in [0.717, 1.165) is 33.9 Å². The van der Waals surface area contributed by atoms with Crippen molar-refractivity contribution in [2.24, 2.45) is 0 Å². The van der Waals surface area contributed by atoms with E-state index in [2.05, 4.69) is 34.2 Å². The van der Waals surface area contributed by atoms with Crippen LogP contribution < -0.4 is 11.1 Å². The molecule has 14 heavy (non-hydrogen) atoms. The first kappa shape index (κ1) is 11.9. The van der Waals surface area contributed by atoms with Crippen LogP contribution in [0.2, 0.25) is 0 Å². The largest absolute Gasteiger partial charge is 0.398 e. The summed E-state index contributed by atoms with van der Waals surface area (Å²) in [6.45, 7) is 4.16. The molecule has 0 saturated carbocycles. The maximum absolute atomic E-state index is 5.86. The summed E-state index contributed by atoms with van der Waals surface area (Å²) in [6, 6.07) is 6.01. The summed E-state index contributed by atoms with van der Waals surface area (Å²) in [7, 11) is 0. The minimum absolute atomic E-state index is 0.848. The van der Waals surface area contributed by atoms with Gasteiger partial charge in [0.2, 0.25) is 0 Å². The second kappa shape index (κ2) is 6.32. The highest BCUT2D eigenvalue weighted by molar-refractivity contribution is 9.10. The van der Waals surface area contributed by atoms with Gasteiger partial charge in [-0.05, 0) is 24.7 Å². The fourth-order valence-electron chi connectivity index (χ4n) is 1.06. The van der Waals surface area contributed by atoms with E-state index in [1.807, 2.05) is 12.1 Å². The summed E-state index contributed by atoms with van der Waals surface area (Å²) >= 11 is 5.18. The molecule has 0 heterocycles. The topological polar surface area (TPSA) is 38.0 Å². The van der Waals surface area contributed by atoms with Gasteiger partial charge in [-0.2, -0.15) is 0 Å². The lowest BCUT2D eigenvalue weighted by molar-refractivity contribution is 0.768. The zero-order valence-corrected chi connectivity index (χ0v) is 10.6. The molecule has 0 amide bonds. The first-order chi connectivity index (χ1) is 6.74. The third kappa shape index (κ3) is 3.90. The van der Waals surface area contributed by atoms with Gasteiger partial charge in [-0.25, -0.2) is 0 Å². The summed E-state index contributed by atoms with van der Waals surface area (Å²) in [6.07, 6.45) is 0. The fourth-order valence-corrected chi connectivity index (χ4v) is 2.30. The van der Waals surface area contributed by atoms with E-state index >= 15 is 0 Å². The molecule has 1 rings (SSSR count). The van der Waals surface area contributed by atoms with Gasteiger partial charge in [-0.3, -0.25) is 0 Å². The fraction of sp³-hybridized carbons (Fsp3) is 0.400. The first-order valence-corrected chi connectivity index (χ1v) is 6.40. The Balaban J connectivity index is 2.42. The summed E-state index contributed by atoms with van der Waals surface area (Å²) in [5.74, 6) is 1.06. The van der Waals surface area contributed by atoms with Crippen LogP contribution in [0.5, 0.6) is 0 Å². The molecule has 4 heteroatoms. The highest BCUT2D eigenvalue weighted by Crippen LogP contribution is 2.27. The molecule has 0 saturated heterocycles. The standard InChI is InChI=1S/C10H15BrN2S/c1-2-13-5-6-14-10-4-3-8(11)7-9(10)12/h3-4,7,13H,2,5-6,12H2,1H3. The number of anilines is 1. The number of nitrogens with one attached hydrogen (secondary N) is 1. The van der Waals surface area contributed by atoms with E-state index in [-0.39, 0.29) is 0 Å². The van der Waals surface area contributed by atoms with Crippen molar-refractivity contribution in [2.75, 3.05) is 24.6 Å². The Kier molecular flexibility index (Phi) is 5.37. The molecule has 0 fully saturated rings. The van der Waals surface area contributed by atoms with Crippen LogP contribution in [0.4, 0.5) is 5.69 Å². The smallest absolute Gasteiger partial charge is 0.0463 e. The predicted octanol–water partition coefficient (Wildman–Crippen LogP) is 2.73. The molecule has 1 aromatic carbocycles. The van der Waals surface area contributed by atoms with E-state index in [4.69, 9.17) is 5.73 Å². The number of thioether (sulfide) groups is 1. The summed E-state index contributed by atoms with van der Waals surface area (Å²) in [5, 5.41) is 3.28. The van der Waals surface area contributed by atoms with Crippen LogP contribution in [-0.2, 0) is 0 Å². The normalized spacial score (nSPS) is 10.4. The summed E-state index contributed by atoms with van der Waals surface area (Å²) in [4.78, 5) is 1.16. The Labute approximate surface area is 97.8 Å². The Hall–Kier alpha value is -0.190. The highest BCUT2D eigenvalue weighted by Gasteiger charge is 1.99. The monoisotopic (exact) mass is 274 g/mol. The van der Waals surface area contributed by atoms with Crippen molar-refractivity contribution in [1.29, 1.82) is 0 Å². The molecule has 0 unspecified atom stereocenters. The van der Waals surface area contributed by atoms with E-state index in [1.165, 1.54) is 0 Å². The van der Waals surface area contributed by atoms with Crippen molar-refractivity contribution in [2.45, 2.75) is 11.8 Å². The molecule has 0 radical (unpaired) electrons. The summed E-state index contributed by atoms with van der Waals surface area (Å²) < 4.78 is 1.03. The lowest BCUT2D eigenvalue weighted by Crippen LogP contribution is -2.15. The molecule has 2 nitrogen and oxygen atoms in total. The number of hydrogen-bond donors (Lipinski definition) is 2. The SMILES string of the molecule is CCNCCSc1ccc(Br)cc1N. The van der Waals surface area contributed by atoms with Crippen LogP contribution in [0.1, 0.15) is 6.92 Å². The molecule has 1 aromatic rings. The molecule has 0 spiro atoms. The van der Waals surface area contributed by atoms with Gasteiger partial charge >= 0.3 is 0 Å². The van der Waals surface area contributed by atoms with Crippen LogP contribution in [0.25, 0.3) is 0 Å². The van der Waals surface area contributed by atoms with Gasteiger partial charge in [0.25, 0.3) is 0 Å². The van der Waals surface area contributed by atoms with Crippen molar-refractivity contribution in [3.63, 3.8) is 0 Å². The van der Waals surface area contributed by atoms with Gasteiger partial charge in [0.1, 0.15) is 0 Å². The van der Waals surface area contributed by atoms with Crippen molar-refractivity contribution < 1.29 is 0 Å².